The zero-order chi connectivity index (χ0) is 19.6. The number of nitrogens with zero attached hydrogens (tertiary/aromatic N) is 2. The second-order valence-electron chi connectivity index (χ2n) is 5.54. The fraction of sp³-hybridized carbons (Fsp3) is 0.118. The van der Waals surface area contributed by atoms with Gasteiger partial charge in [-0.05, 0) is 18.2 Å². The van der Waals surface area contributed by atoms with Gasteiger partial charge in [0.05, 0.1) is 26.9 Å². The van der Waals surface area contributed by atoms with Crippen LogP contribution < -0.4 is 10.2 Å². The van der Waals surface area contributed by atoms with Gasteiger partial charge in [-0.2, -0.15) is 0 Å². The average molecular weight is 390 g/mol. The first kappa shape index (κ1) is 18.3. The molecule has 0 aliphatic carbocycles. The molecule has 3 rings (SSSR count). The van der Waals surface area contributed by atoms with Crippen LogP contribution in [0, 0.1) is 10.1 Å². The van der Waals surface area contributed by atoms with E-state index in [4.69, 9.17) is 16.3 Å². The summed E-state index contributed by atoms with van der Waals surface area (Å²) in [6.07, 6.45) is 0. The molecule has 1 N–H and O–H groups in total. The Morgan fingerprint density at radius 2 is 2.00 bits per heavy atom. The molecule has 0 radical (unpaired) electrons. The fourth-order valence-corrected chi connectivity index (χ4v) is 2.77. The molecule has 0 aromatic heterocycles. The van der Waals surface area contributed by atoms with Gasteiger partial charge in [-0.25, -0.2) is 4.79 Å². The number of hydrogen-bond acceptors (Lipinski definition) is 6. The average Bonchev–Trinajstić information content (AvgIpc) is 2.64. The predicted octanol–water partition coefficient (Wildman–Crippen LogP) is 2.39. The topological polar surface area (TPSA) is 119 Å². The molecule has 1 aliphatic rings. The van der Waals surface area contributed by atoms with Crippen molar-refractivity contribution in [2.45, 2.75) is 0 Å². The summed E-state index contributed by atoms with van der Waals surface area (Å²) in [5, 5.41) is 13.2. The summed E-state index contributed by atoms with van der Waals surface area (Å²) in [5.74, 6) is -1.87. The van der Waals surface area contributed by atoms with Crippen LogP contribution in [0.15, 0.2) is 42.5 Å². The van der Waals surface area contributed by atoms with Gasteiger partial charge in [-0.15, -0.1) is 0 Å². The number of nitro groups is 1. The van der Waals surface area contributed by atoms with E-state index < -0.39 is 23.4 Å². The molecule has 0 fully saturated rings. The largest absolute Gasteiger partial charge is 0.452 e. The Hall–Kier alpha value is -3.46. The molecule has 27 heavy (non-hydrogen) atoms. The van der Waals surface area contributed by atoms with Crippen LogP contribution in [-0.2, 0) is 14.3 Å². The van der Waals surface area contributed by atoms with E-state index in [1.807, 2.05) is 0 Å². The number of carbonyl (C=O) groups is 3. The van der Waals surface area contributed by atoms with Gasteiger partial charge in [0.1, 0.15) is 6.54 Å². The van der Waals surface area contributed by atoms with Crippen LogP contribution in [0.25, 0.3) is 0 Å². The van der Waals surface area contributed by atoms with Gasteiger partial charge in [-0.3, -0.25) is 24.6 Å². The third-order valence-electron chi connectivity index (χ3n) is 3.78. The molecule has 0 spiro atoms. The molecule has 9 nitrogen and oxygen atoms in total. The number of halogens is 1. The third-order valence-corrected chi connectivity index (χ3v) is 4.09. The zero-order valence-corrected chi connectivity index (χ0v) is 14.4. The van der Waals surface area contributed by atoms with Crippen LogP contribution in [0.2, 0.25) is 5.02 Å². The molecule has 10 heteroatoms. The summed E-state index contributed by atoms with van der Waals surface area (Å²) in [5.41, 5.74) is 0.591. The standard InChI is InChI=1S/C17H12ClN3O6/c18-12-7-10(21(25)26)5-6-11(12)17(24)27-9-16(23)20-8-15(22)19-13-3-1-2-4-14(13)20/h1-7H,8-9H2,(H,19,22). The zero-order valence-electron chi connectivity index (χ0n) is 13.7. The van der Waals surface area contributed by atoms with Crippen molar-refractivity contribution in [2.75, 3.05) is 23.4 Å². The van der Waals surface area contributed by atoms with Gasteiger partial charge in [-0.1, -0.05) is 23.7 Å². The van der Waals surface area contributed by atoms with E-state index in [1.54, 1.807) is 24.3 Å². The highest BCUT2D eigenvalue weighted by Gasteiger charge is 2.27. The Bertz CT molecular complexity index is 961. The highest BCUT2D eigenvalue weighted by molar-refractivity contribution is 6.33. The summed E-state index contributed by atoms with van der Waals surface area (Å²) in [6, 6.07) is 10.00. The number of nitrogens with one attached hydrogen (secondary N) is 1. The second-order valence-corrected chi connectivity index (χ2v) is 5.95. The fourth-order valence-electron chi connectivity index (χ4n) is 2.52. The molecule has 1 aliphatic heterocycles. The number of esters is 1. The molecule has 2 aromatic carbocycles. The Morgan fingerprint density at radius 3 is 2.70 bits per heavy atom. The molecule has 0 bridgehead atoms. The Morgan fingerprint density at radius 1 is 1.26 bits per heavy atom. The minimum Gasteiger partial charge on any atom is -0.452 e. The minimum absolute atomic E-state index is 0.105. The minimum atomic E-state index is -0.905. The van der Waals surface area contributed by atoms with Crippen molar-refractivity contribution in [3.05, 3.63) is 63.2 Å². The number of fused-ring (bicyclic) bond motifs is 1. The summed E-state index contributed by atoms with van der Waals surface area (Å²) >= 11 is 5.86. The number of hydrogen-bond donors (Lipinski definition) is 1. The van der Waals surface area contributed by atoms with Gasteiger partial charge >= 0.3 is 5.97 Å². The number of carbonyl (C=O) groups excluding carboxylic acids is 3. The lowest BCUT2D eigenvalue weighted by Gasteiger charge is -2.28. The molecule has 0 saturated carbocycles. The van der Waals surface area contributed by atoms with E-state index in [1.165, 1.54) is 4.90 Å². The van der Waals surface area contributed by atoms with Crippen molar-refractivity contribution < 1.29 is 24.0 Å². The van der Waals surface area contributed by atoms with Crippen molar-refractivity contribution in [1.29, 1.82) is 0 Å². The lowest BCUT2D eigenvalue weighted by Crippen LogP contribution is -2.44. The van der Waals surface area contributed by atoms with Crippen LogP contribution >= 0.6 is 11.6 Å². The lowest BCUT2D eigenvalue weighted by atomic mass is 10.2. The SMILES string of the molecule is O=C1CN(C(=O)COC(=O)c2ccc([N+](=O)[O-])cc2Cl)c2ccccc2N1. The quantitative estimate of drug-likeness (QED) is 0.487. The Balaban J connectivity index is 1.70. The number of non-ortho nitro benzene ring substituents is 1. The van der Waals surface area contributed by atoms with E-state index in [2.05, 4.69) is 5.32 Å². The van der Waals surface area contributed by atoms with Crippen LogP contribution in [0.5, 0.6) is 0 Å². The van der Waals surface area contributed by atoms with Crippen molar-refractivity contribution in [1.82, 2.24) is 0 Å². The number of anilines is 2. The van der Waals surface area contributed by atoms with E-state index in [9.17, 15) is 24.5 Å². The number of rotatable bonds is 4. The molecule has 138 valence electrons. The summed E-state index contributed by atoms with van der Waals surface area (Å²) < 4.78 is 4.96. The number of amides is 2. The Labute approximate surface area is 157 Å². The van der Waals surface area contributed by atoms with E-state index in [0.717, 1.165) is 18.2 Å². The molecular weight excluding hydrogens is 378 g/mol. The number of benzene rings is 2. The van der Waals surface area contributed by atoms with E-state index in [0.29, 0.717) is 11.4 Å². The smallest absolute Gasteiger partial charge is 0.340 e. The maximum atomic E-state index is 12.4. The summed E-state index contributed by atoms with van der Waals surface area (Å²) in [7, 11) is 0. The normalized spacial score (nSPS) is 12.8. The van der Waals surface area contributed by atoms with Gasteiger partial charge in [0.15, 0.2) is 6.61 Å². The molecule has 0 saturated heterocycles. The second kappa shape index (κ2) is 7.42. The van der Waals surface area contributed by atoms with Crippen LogP contribution in [0.1, 0.15) is 10.4 Å². The lowest BCUT2D eigenvalue weighted by molar-refractivity contribution is -0.384. The van der Waals surface area contributed by atoms with Crippen molar-refractivity contribution in [3.8, 4) is 0 Å². The summed E-state index contributed by atoms with van der Waals surface area (Å²) in [6.45, 7) is -0.820. The van der Waals surface area contributed by atoms with Crippen molar-refractivity contribution in [3.63, 3.8) is 0 Å². The molecule has 2 aromatic rings. The Kier molecular flexibility index (Phi) is 5.04. The maximum absolute atomic E-state index is 12.4. The monoisotopic (exact) mass is 389 g/mol. The van der Waals surface area contributed by atoms with Gasteiger partial charge < -0.3 is 10.1 Å². The van der Waals surface area contributed by atoms with Gasteiger partial charge in [0, 0.05) is 12.1 Å². The van der Waals surface area contributed by atoms with Crippen LogP contribution in [0.4, 0.5) is 17.1 Å². The van der Waals surface area contributed by atoms with Crippen molar-refractivity contribution >= 4 is 46.4 Å². The van der Waals surface area contributed by atoms with Crippen molar-refractivity contribution in [2.24, 2.45) is 0 Å². The number of ether oxygens (including phenoxy) is 1. The first-order valence-corrected chi connectivity index (χ1v) is 8.05. The van der Waals surface area contributed by atoms with E-state index >= 15 is 0 Å². The molecule has 0 unspecified atom stereocenters. The first-order valence-electron chi connectivity index (χ1n) is 7.67. The molecule has 0 atom stereocenters. The number of para-hydroxylation sites is 2. The van der Waals surface area contributed by atoms with Gasteiger partial charge in [0.2, 0.25) is 5.91 Å². The first-order chi connectivity index (χ1) is 12.9. The molecule has 2 amide bonds. The van der Waals surface area contributed by atoms with Crippen LogP contribution in [0.3, 0.4) is 0 Å². The van der Waals surface area contributed by atoms with E-state index in [-0.39, 0.29) is 28.7 Å². The predicted molar refractivity (Wildman–Crippen MR) is 95.8 cm³/mol. The third kappa shape index (κ3) is 3.87. The van der Waals surface area contributed by atoms with Gasteiger partial charge in [0.25, 0.3) is 11.6 Å². The highest BCUT2D eigenvalue weighted by atomic mass is 35.5. The molecule has 1 heterocycles. The molecular formula is C17H12ClN3O6. The summed E-state index contributed by atoms with van der Waals surface area (Å²) in [4.78, 5) is 47.5. The van der Waals surface area contributed by atoms with Crippen LogP contribution in [-0.4, -0.2) is 35.9 Å². The maximum Gasteiger partial charge on any atom is 0.340 e. The highest BCUT2D eigenvalue weighted by Crippen LogP contribution is 2.29. The number of nitro benzene ring substituents is 1.